The molecule has 0 unspecified atom stereocenters. The Kier molecular flexibility index (Phi) is 5.41. The molecule has 154 valence electrons. The predicted octanol–water partition coefficient (Wildman–Crippen LogP) is 4.40. The zero-order chi connectivity index (χ0) is 22.3. The van der Waals surface area contributed by atoms with E-state index in [-0.39, 0.29) is 21.5 Å². The van der Waals surface area contributed by atoms with Crippen LogP contribution in [0.2, 0.25) is 15.2 Å². The van der Waals surface area contributed by atoms with Crippen LogP contribution in [-0.2, 0) is 0 Å². The van der Waals surface area contributed by atoms with Gasteiger partial charge in [0.2, 0.25) is 5.69 Å². The number of fused-ring (bicyclic) bond motifs is 1. The number of aromatic amines is 1. The molecule has 4 rings (SSSR count). The first-order valence-electron chi connectivity index (χ1n) is 8.65. The molecule has 0 radical (unpaired) electrons. The molecule has 31 heavy (non-hydrogen) atoms. The van der Waals surface area contributed by atoms with E-state index in [0.29, 0.717) is 16.4 Å². The Labute approximate surface area is 189 Å². The lowest BCUT2D eigenvalue weighted by Gasteiger charge is -2.13. The molecular formula is C20H10Cl3N5O3. The third-order valence-electron chi connectivity index (χ3n) is 4.30. The highest BCUT2D eigenvalue weighted by Gasteiger charge is 2.15. The molecule has 2 aromatic carbocycles. The van der Waals surface area contributed by atoms with Crippen LogP contribution in [0.15, 0.2) is 46.0 Å². The monoisotopic (exact) mass is 473 g/mol. The van der Waals surface area contributed by atoms with Crippen LogP contribution >= 0.6 is 34.8 Å². The van der Waals surface area contributed by atoms with Gasteiger partial charge in [0.15, 0.2) is 5.75 Å². The lowest BCUT2D eigenvalue weighted by molar-refractivity contribution is 0.483. The van der Waals surface area contributed by atoms with Gasteiger partial charge in [-0.1, -0.05) is 34.8 Å². The maximum atomic E-state index is 12.1. The average molecular weight is 475 g/mol. The number of H-pyrrole nitrogens is 1. The first-order chi connectivity index (χ1) is 14.8. The number of benzene rings is 2. The highest BCUT2D eigenvalue weighted by Crippen LogP contribution is 2.38. The van der Waals surface area contributed by atoms with E-state index in [2.05, 4.69) is 10.1 Å². The van der Waals surface area contributed by atoms with Crippen molar-refractivity contribution in [3.05, 3.63) is 83.7 Å². The molecule has 0 aliphatic rings. The van der Waals surface area contributed by atoms with Crippen molar-refractivity contribution in [1.29, 1.82) is 5.26 Å². The number of pyridine rings is 1. The minimum absolute atomic E-state index is 0.0893. The van der Waals surface area contributed by atoms with Crippen molar-refractivity contribution in [1.82, 2.24) is 19.7 Å². The summed E-state index contributed by atoms with van der Waals surface area (Å²) in [6.07, 6.45) is 0. The van der Waals surface area contributed by atoms with Crippen LogP contribution < -0.4 is 16.0 Å². The maximum Gasteiger partial charge on any atom is 0.349 e. The minimum atomic E-state index is -0.886. The van der Waals surface area contributed by atoms with E-state index in [9.17, 15) is 9.59 Å². The number of nitrogens with zero attached hydrogens (tertiary/aromatic N) is 4. The topological polar surface area (TPSA) is 114 Å². The van der Waals surface area contributed by atoms with Crippen LogP contribution in [0.25, 0.3) is 16.6 Å². The normalized spacial score (nSPS) is 10.8. The Morgan fingerprint density at radius 2 is 1.81 bits per heavy atom. The second-order valence-electron chi connectivity index (χ2n) is 6.42. The molecule has 0 saturated carbocycles. The van der Waals surface area contributed by atoms with Gasteiger partial charge in [0.1, 0.15) is 17.0 Å². The molecule has 0 aliphatic heterocycles. The Morgan fingerprint density at radius 1 is 1.10 bits per heavy atom. The third kappa shape index (κ3) is 3.99. The number of hydrogen-bond donors (Lipinski definition) is 1. The first-order valence-corrected chi connectivity index (χ1v) is 9.78. The molecule has 11 heteroatoms. The highest BCUT2D eigenvalue weighted by molar-refractivity contribution is 6.37. The molecular weight excluding hydrogens is 465 g/mol. The molecule has 0 saturated heterocycles. The summed E-state index contributed by atoms with van der Waals surface area (Å²) in [5.41, 5.74) is -0.542. The van der Waals surface area contributed by atoms with Crippen molar-refractivity contribution in [2.75, 3.05) is 0 Å². The van der Waals surface area contributed by atoms with Gasteiger partial charge in [0, 0.05) is 5.39 Å². The second kappa shape index (κ2) is 8.04. The van der Waals surface area contributed by atoms with Gasteiger partial charge in [-0.15, -0.1) is 5.10 Å². The second-order valence-corrected chi connectivity index (χ2v) is 7.60. The smallest absolute Gasteiger partial charge is 0.349 e. The van der Waals surface area contributed by atoms with E-state index in [1.54, 1.807) is 24.3 Å². The number of nitrogens with one attached hydrogen (secondary N) is 1. The number of rotatable bonds is 3. The van der Waals surface area contributed by atoms with Crippen molar-refractivity contribution in [3.8, 4) is 23.3 Å². The van der Waals surface area contributed by atoms with Crippen LogP contribution in [0.3, 0.4) is 0 Å². The fourth-order valence-electron chi connectivity index (χ4n) is 2.83. The van der Waals surface area contributed by atoms with Gasteiger partial charge in [0.25, 0.3) is 5.56 Å². The number of aromatic nitrogens is 4. The van der Waals surface area contributed by atoms with E-state index < -0.39 is 16.9 Å². The lowest BCUT2D eigenvalue weighted by atomic mass is 10.1. The highest BCUT2D eigenvalue weighted by atomic mass is 35.5. The van der Waals surface area contributed by atoms with Crippen molar-refractivity contribution in [2.45, 2.75) is 6.92 Å². The van der Waals surface area contributed by atoms with Gasteiger partial charge in [0.05, 0.1) is 21.2 Å². The average Bonchev–Trinajstić information content (AvgIpc) is 2.71. The quantitative estimate of drug-likeness (QED) is 0.440. The van der Waals surface area contributed by atoms with Gasteiger partial charge in [-0.25, -0.2) is 9.78 Å². The van der Waals surface area contributed by atoms with Crippen LogP contribution in [-0.4, -0.2) is 19.7 Å². The molecule has 2 aromatic heterocycles. The summed E-state index contributed by atoms with van der Waals surface area (Å²) in [5.74, 6) is 0.613. The van der Waals surface area contributed by atoms with E-state index in [0.717, 1.165) is 15.6 Å². The molecule has 0 spiro atoms. The Hall–Kier alpha value is -3.38. The van der Waals surface area contributed by atoms with E-state index in [1.165, 1.54) is 12.1 Å². The fraction of sp³-hybridized carbons (Fsp3) is 0.0500. The van der Waals surface area contributed by atoms with Gasteiger partial charge in [-0.05, 0) is 48.9 Å². The SMILES string of the molecule is Cc1cc2cc(Oc3c(Cl)cc(-n4nc(C#N)c(=O)[nH]c4=O)cc3Cl)ccc2nc1Cl. The maximum absolute atomic E-state index is 12.1. The molecule has 8 nitrogen and oxygen atoms in total. The number of nitriles is 1. The lowest BCUT2D eigenvalue weighted by Crippen LogP contribution is -2.33. The van der Waals surface area contributed by atoms with E-state index in [1.807, 2.05) is 18.0 Å². The summed E-state index contributed by atoms with van der Waals surface area (Å²) in [6.45, 7) is 1.85. The van der Waals surface area contributed by atoms with Gasteiger partial charge in [-0.2, -0.15) is 9.94 Å². The van der Waals surface area contributed by atoms with Crippen molar-refractivity contribution in [3.63, 3.8) is 0 Å². The zero-order valence-corrected chi connectivity index (χ0v) is 17.9. The number of ether oxygens (including phenoxy) is 1. The van der Waals surface area contributed by atoms with Crippen LogP contribution in [0, 0.1) is 18.3 Å². The number of hydrogen-bond acceptors (Lipinski definition) is 6. The molecule has 0 aliphatic carbocycles. The Morgan fingerprint density at radius 3 is 2.48 bits per heavy atom. The van der Waals surface area contributed by atoms with Crippen molar-refractivity contribution >= 4 is 45.7 Å². The molecule has 0 atom stereocenters. The largest absolute Gasteiger partial charge is 0.454 e. The Balaban J connectivity index is 1.74. The standard InChI is InChI=1S/C20H10Cl3N5O3/c1-9-4-10-5-12(2-3-15(10)25-18(9)23)31-17-13(21)6-11(7-14(17)22)28-20(30)26-19(29)16(8-24)27-28/h2-7H,1H3,(H,26,29,30). The molecule has 2 heterocycles. The summed E-state index contributed by atoms with van der Waals surface area (Å²) in [7, 11) is 0. The van der Waals surface area contributed by atoms with E-state index in [4.69, 9.17) is 44.8 Å². The van der Waals surface area contributed by atoms with Gasteiger partial charge >= 0.3 is 5.69 Å². The van der Waals surface area contributed by atoms with Gasteiger partial charge < -0.3 is 4.74 Å². The minimum Gasteiger partial charge on any atom is -0.454 e. The van der Waals surface area contributed by atoms with Crippen LogP contribution in [0.5, 0.6) is 11.5 Å². The zero-order valence-electron chi connectivity index (χ0n) is 15.6. The third-order valence-corrected chi connectivity index (χ3v) is 5.24. The summed E-state index contributed by atoms with van der Waals surface area (Å²) in [6, 6.07) is 11.4. The summed E-state index contributed by atoms with van der Waals surface area (Å²) < 4.78 is 6.68. The fourth-order valence-corrected chi connectivity index (χ4v) is 3.53. The molecule has 0 bridgehead atoms. The molecule has 4 aromatic rings. The summed E-state index contributed by atoms with van der Waals surface area (Å²) in [4.78, 5) is 29.9. The predicted molar refractivity (Wildman–Crippen MR) is 117 cm³/mol. The van der Waals surface area contributed by atoms with E-state index >= 15 is 0 Å². The van der Waals surface area contributed by atoms with Crippen molar-refractivity contribution in [2.24, 2.45) is 0 Å². The molecule has 0 fully saturated rings. The first kappa shape index (κ1) is 20.9. The number of aryl methyl sites for hydroxylation is 1. The van der Waals surface area contributed by atoms with Crippen molar-refractivity contribution < 1.29 is 4.74 Å². The van der Waals surface area contributed by atoms with Crippen LogP contribution in [0.4, 0.5) is 0 Å². The summed E-state index contributed by atoms with van der Waals surface area (Å²) >= 11 is 18.7. The molecule has 0 amide bonds. The summed E-state index contributed by atoms with van der Waals surface area (Å²) in [5, 5.41) is 14.1. The van der Waals surface area contributed by atoms with Gasteiger partial charge in [-0.3, -0.25) is 9.78 Å². The molecule has 1 N–H and O–H groups in total. The Bertz CT molecular complexity index is 1500. The number of halogens is 3. The van der Waals surface area contributed by atoms with Crippen LogP contribution in [0.1, 0.15) is 11.3 Å².